The van der Waals surface area contributed by atoms with E-state index in [-0.39, 0.29) is 6.04 Å². The van der Waals surface area contributed by atoms with Gasteiger partial charge in [0.1, 0.15) is 0 Å². The van der Waals surface area contributed by atoms with E-state index in [0.29, 0.717) is 41.9 Å². The third kappa shape index (κ3) is 2.96. The molecular formula is C22H30N4O3. The predicted molar refractivity (Wildman–Crippen MR) is 107 cm³/mol. The molecule has 29 heavy (non-hydrogen) atoms. The first-order valence-electron chi connectivity index (χ1n) is 11.3. The molecule has 3 N–H and O–H groups in total. The van der Waals surface area contributed by atoms with Crippen LogP contribution in [0.25, 0.3) is 0 Å². The van der Waals surface area contributed by atoms with Gasteiger partial charge in [-0.05, 0) is 69.1 Å². The van der Waals surface area contributed by atoms with Crippen molar-refractivity contribution in [2.45, 2.75) is 75.0 Å². The number of amides is 1. The Labute approximate surface area is 171 Å². The summed E-state index contributed by atoms with van der Waals surface area (Å²) in [7, 11) is 0. The van der Waals surface area contributed by atoms with Crippen molar-refractivity contribution in [3.63, 3.8) is 0 Å². The summed E-state index contributed by atoms with van der Waals surface area (Å²) in [6, 6.07) is 0.614. The summed E-state index contributed by atoms with van der Waals surface area (Å²) in [6.45, 7) is 1.47. The Morgan fingerprint density at radius 2 is 1.97 bits per heavy atom. The first-order valence-corrected chi connectivity index (χ1v) is 11.3. The van der Waals surface area contributed by atoms with Crippen LogP contribution in [0.3, 0.4) is 0 Å². The van der Waals surface area contributed by atoms with Crippen LogP contribution in [-0.4, -0.2) is 51.9 Å². The van der Waals surface area contributed by atoms with Crippen LogP contribution in [-0.2, 0) is 4.74 Å². The lowest BCUT2D eigenvalue weighted by Gasteiger charge is -2.60. The molecule has 5 aliphatic carbocycles. The Balaban J connectivity index is 1.40. The van der Waals surface area contributed by atoms with E-state index in [1.807, 2.05) is 0 Å². The zero-order valence-corrected chi connectivity index (χ0v) is 16.8. The number of carbonyl (C=O) groups excluding carboxylic acids is 1. The topological polar surface area (TPSA) is 102 Å². The second kappa shape index (κ2) is 6.38. The molecule has 4 bridgehead atoms. The maximum atomic E-state index is 11.9. The fourth-order valence-corrected chi connectivity index (χ4v) is 7.06. The van der Waals surface area contributed by atoms with Gasteiger partial charge in [-0.1, -0.05) is 0 Å². The lowest BCUT2D eigenvalue weighted by molar-refractivity contribution is -0.134. The largest absolute Gasteiger partial charge is 0.390 e. The highest BCUT2D eigenvalue weighted by Gasteiger charge is 2.57. The first-order chi connectivity index (χ1) is 14.0. The molecule has 1 aromatic rings. The van der Waals surface area contributed by atoms with Crippen molar-refractivity contribution in [3.8, 4) is 0 Å². The molecule has 7 heteroatoms. The number of nitrogens with zero attached hydrogens (tertiary/aromatic N) is 3. The van der Waals surface area contributed by atoms with E-state index in [2.05, 4.69) is 9.88 Å². The number of aliphatic hydroxyl groups is 1. The number of ether oxygens (including phenoxy) is 1. The molecule has 1 saturated heterocycles. The number of carbonyl (C=O) groups is 1. The lowest BCUT2D eigenvalue weighted by Crippen LogP contribution is -2.64. The minimum atomic E-state index is -0.458. The standard InChI is InChI=1S/C22H30N4O3/c23-20(27)17-10-24-21(25-18(17)13-1-2-13)26(16-3-4-29-11-16)19-14-5-12-6-15(19)9-22(28,7-12)8-14/h10,12-16,19,28H,1-9,11H2,(H2,23,27)/t12?,14?,15?,16-,19?,22?/m0/s1. The van der Waals surface area contributed by atoms with Crippen molar-refractivity contribution in [3.05, 3.63) is 17.5 Å². The van der Waals surface area contributed by atoms with Gasteiger partial charge in [-0.2, -0.15) is 0 Å². The summed E-state index contributed by atoms with van der Waals surface area (Å²) < 4.78 is 5.75. The van der Waals surface area contributed by atoms with Crippen LogP contribution >= 0.6 is 0 Å². The third-order valence-corrected chi connectivity index (χ3v) is 8.08. The maximum absolute atomic E-state index is 11.9. The average molecular weight is 399 g/mol. The maximum Gasteiger partial charge on any atom is 0.252 e. The van der Waals surface area contributed by atoms with Gasteiger partial charge in [-0.15, -0.1) is 0 Å². The molecule has 2 heterocycles. The van der Waals surface area contributed by atoms with Crippen molar-refractivity contribution in [2.75, 3.05) is 18.1 Å². The van der Waals surface area contributed by atoms with Gasteiger partial charge >= 0.3 is 0 Å². The fourth-order valence-electron chi connectivity index (χ4n) is 7.06. The van der Waals surface area contributed by atoms with Crippen LogP contribution in [0, 0.1) is 17.8 Å². The highest BCUT2D eigenvalue weighted by atomic mass is 16.5. The summed E-state index contributed by atoms with van der Waals surface area (Å²) in [5.74, 6) is 2.25. The second-order valence-electron chi connectivity index (χ2n) is 10.2. The van der Waals surface area contributed by atoms with Crippen molar-refractivity contribution in [1.29, 1.82) is 0 Å². The van der Waals surface area contributed by atoms with Crippen LogP contribution in [0.1, 0.15) is 73.3 Å². The molecule has 1 aromatic heterocycles. The lowest BCUT2D eigenvalue weighted by atomic mass is 9.52. The third-order valence-electron chi connectivity index (χ3n) is 8.08. The quantitative estimate of drug-likeness (QED) is 0.787. The van der Waals surface area contributed by atoms with E-state index in [0.717, 1.165) is 56.8 Å². The molecule has 0 radical (unpaired) electrons. The van der Waals surface area contributed by atoms with Crippen LogP contribution in [0.2, 0.25) is 0 Å². The van der Waals surface area contributed by atoms with Crippen molar-refractivity contribution in [1.82, 2.24) is 9.97 Å². The van der Waals surface area contributed by atoms with Crippen LogP contribution in [0.4, 0.5) is 5.95 Å². The Bertz CT molecular complexity index is 819. The molecule has 5 saturated carbocycles. The predicted octanol–water partition coefficient (Wildman–Crippen LogP) is 1.99. The number of rotatable bonds is 5. The molecular weight excluding hydrogens is 368 g/mol. The molecule has 6 aliphatic rings. The van der Waals surface area contributed by atoms with Gasteiger partial charge in [-0.3, -0.25) is 4.79 Å². The van der Waals surface area contributed by atoms with Gasteiger partial charge in [0.2, 0.25) is 5.95 Å². The van der Waals surface area contributed by atoms with E-state index < -0.39 is 11.5 Å². The summed E-state index contributed by atoms with van der Waals surface area (Å²) in [4.78, 5) is 23.9. The van der Waals surface area contributed by atoms with Crippen molar-refractivity contribution >= 4 is 11.9 Å². The summed E-state index contributed by atoms with van der Waals surface area (Å²) in [5.41, 5.74) is 6.44. The van der Waals surface area contributed by atoms with E-state index in [9.17, 15) is 9.90 Å². The number of nitrogens with two attached hydrogens (primary N) is 1. The molecule has 1 amide bonds. The number of aromatic nitrogens is 2. The number of primary amides is 1. The molecule has 0 spiro atoms. The molecule has 2 unspecified atom stereocenters. The number of anilines is 1. The van der Waals surface area contributed by atoms with Gasteiger partial charge in [-0.25, -0.2) is 9.97 Å². The normalized spacial score (nSPS) is 40.4. The average Bonchev–Trinajstić information content (AvgIpc) is 3.38. The molecule has 7 rings (SSSR count). The Kier molecular flexibility index (Phi) is 3.98. The van der Waals surface area contributed by atoms with Gasteiger partial charge < -0.3 is 20.5 Å². The van der Waals surface area contributed by atoms with Crippen LogP contribution in [0.15, 0.2) is 6.20 Å². The van der Waals surface area contributed by atoms with E-state index in [1.165, 1.54) is 12.8 Å². The van der Waals surface area contributed by atoms with Gasteiger partial charge in [0, 0.05) is 24.8 Å². The van der Waals surface area contributed by atoms with Crippen LogP contribution < -0.4 is 10.6 Å². The SMILES string of the molecule is NC(=O)c1cnc(N(C2C3CC4CC2CC(O)(C4)C3)[C@H]2CCOC2)nc1C1CC1. The summed E-state index contributed by atoms with van der Waals surface area (Å²) in [6.07, 6.45) is 9.90. The van der Waals surface area contributed by atoms with E-state index in [1.54, 1.807) is 6.20 Å². The minimum absolute atomic E-state index is 0.263. The molecule has 0 aromatic carbocycles. The molecule has 6 fully saturated rings. The molecule has 7 nitrogen and oxygen atoms in total. The van der Waals surface area contributed by atoms with E-state index in [4.69, 9.17) is 15.5 Å². The second-order valence-corrected chi connectivity index (χ2v) is 10.2. The Morgan fingerprint density at radius 1 is 1.21 bits per heavy atom. The molecule has 156 valence electrons. The monoisotopic (exact) mass is 398 g/mol. The highest BCUT2D eigenvalue weighted by Crippen LogP contribution is 2.57. The number of hydrogen-bond acceptors (Lipinski definition) is 6. The zero-order chi connectivity index (χ0) is 19.8. The van der Waals surface area contributed by atoms with Gasteiger partial charge in [0.25, 0.3) is 5.91 Å². The first kappa shape index (κ1) is 18.1. The summed E-state index contributed by atoms with van der Waals surface area (Å²) >= 11 is 0. The molecule has 3 atom stereocenters. The van der Waals surface area contributed by atoms with E-state index >= 15 is 0 Å². The van der Waals surface area contributed by atoms with Gasteiger partial charge in [0.15, 0.2) is 0 Å². The zero-order valence-electron chi connectivity index (χ0n) is 16.8. The number of hydrogen-bond donors (Lipinski definition) is 2. The smallest absolute Gasteiger partial charge is 0.252 e. The van der Waals surface area contributed by atoms with Crippen molar-refractivity contribution in [2.24, 2.45) is 23.5 Å². The summed E-state index contributed by atoms with van der Waals surface area (Å²) in [5, 5.41) is 11.0. The molecule has 1 aliphatic heterocycles. The van der Waals surface area contributed by atoms with Crippen molar-refractivity contribution < 1.29 is 14.6 Å². The minimum Gasteiger partial charge on any atom is -0.390 e. The fraction of sp³-hybridized carbons (Fsp3) is 0.773. The van der Waals surface area contributed by atoms with Crippen LogP contribution in [0.5, 0.6) is 0 Å². The van der Waals surface area contributed by atoms with Gasteiger partial charge in [0.05, 0.1) is 29.5 Å². The highest BCUT2D eigenvalue weighted by molar-refractivity contribution is 5.94. The Morgan fingerprint density at radius 3 is 2.55 bits per heavy atom. The Hall–Kier alpha value is -1.73.